The number of rotatable bonds is 6. The first-order valence-electron chi connectivity index (χ1n) is 7.89. The van der Waals surface area contributed by atoms with Gasteiger partial charge < -0.3 is 0 Å². The summed E-state index contributed by atoms with van der Waals surface area (Å²) in [5, 5.41) is 4.16. The Bertz CT molecular complexity index is 736. The fourth-order valence-corrected chi connectivity index (χ4v) is 4.88. The maximum atomic E-state index is 12.5. The van der Waals surface area contributed by atoms with Crippen molar-refractivity contribution >= 4 is 21.4 Å². The van der Waals surface area contributed by atoms with Crippen LogP contribution >= 0.6 is 11.3 Å². The van der Waals surface area contributed by atoms with Crippen LogP contribution in [0.1, 0.15) is 30.0 Å². The second kappa shape index (κ2) is 7.13. The number of hydrogen-bond donors (Lipinski definition) is 1. The van der Waals surface area contributed by atoms with E-state index in [1.165, 1.54) is 18.4 Å². The molecule has 3 rings (SSSR count). The van der Waals surface area contributed by atoms with E-state index in [0.29, 0.717) is 11.4 Å². The molecule has 1 aliphatic rings. The zero-order valence-electron chi connectivity index (χ0n) is 13.2. The molecule has 4 nitrogen and oxygen atoms in total. The van der Waals surface area contributed by atoms with Crippen molar-refractivity contribution in [1.82, 2.24) is 9.62 Å². The molecular formula is C17H22N2O2S2. The average molecular weight is 351 g/mol. The Hall–Kier alpha value is -1.21. The Morgan fingerprint density at radius 1 is 1.26 bits per heavy atom. The molecule has 1 fully saturated rings. The van der Waals surface area contributed by atoms with Gasteiger partial charge in [0.2, 0.25) is 10.0 Å². The van der Waals surface area contributed by atoms with Crippen molar-refractivity contribution in [2.75, 3.05) is 19.6 Å². The Morgan fingerprint density at radius 3 is 2.70 bits per heavy atom. The highest BCUT2D eigenvalue weighted by Gasteiger charge is 2.25. The lowest BCUT2D eigenvalue weighted by molar-refractivity contribution is 0.247. The quantitative estimate of drug-likeness (QED) is 0.870. The van der Waals surface area contributed by atoms with Gasteiger partial charge >= 0.3 is 0 Å². The third-order valence-electron chi connectivity index (χ3n) is 4.28. The van der Waals surface area contributed by atoms with Crippen LogP contribution in [0.4, 0.5) is 0 Å². The van der Waals surface area contributed by atoms with Gasteiger partial charge in [0, 0.05) is 12.6 Å². The predicted octanol–water partition coefficient (Wildman–Crippen LogP) is 3.17. The maximum absolute atomic E-state index is 12.5. The van der Waals surface area contributed by atoms with Crippen LogP contribution in [0.2, 0.25) is 0 Å². The summed E-state index contributed by atoms with van der Waals surface area (Å²) in [6, 6.07) is 9.23. The molecule has 1 aromatic heterocycles. The second-order valence-electron chi connectivity index (χ2n) is 5.98. The first-order chi connectivity index (χ1) is 11.1. The van der Waals surface area contributed by atoms with E-state index in [9.17, 15) is 8.42 Å². The Kier molecular flexibility index (Phi) is 5.16. The number of thiophene rings is 1. The molecule has 1 aromatic carbocycles. The summed E-state index contributed by atoms with van der Waals surface area (Å²) in [6.45, 7) is 4.38. The number of hydrogen-bond acceptors (Lipinski definition) is 4. The summed E-state index contributed by atoms with van der Waals surface area (Å²) in [5.41, 5.74) is 2.14. The molecule has 1 aliphatic heterocycles. The molecule has 0 saturated carbocycles. The standard InChI is InChI=1S/C17H22N2O2S2/c1-14-5-4-6-16(11-14)23(20,21)18-12-17(15-7-10-22-13-15)19-8-2-3-9-19/h4-7,10-11,13,17-18H,2-3,8-9,12H2,1H3. The van der Waals surface area contributed by atoms with Gasteiger partial charge in [-0.1, -0.05) is 12.1 Å². The summed E-state index contributed by atoms with van der Waals surface area (Å²) in [4.78, 5) is 2.71. The van der Waals surface area contributed by atoms with Crippen LogP contribution in [0.5, 0.6) is 0 Å². The molecule has 0 spiro atoms. The van der Waals surface area contributed by atoms with Gasteiger partial charge in [0.05, 0.1) is 4.90 Å². The van der Waals surface area contributed by atoms with Gasteiger partial charge in [-0.15, -0.1) is 0 Å². The molecule has 1 atom stereocenters. The molecule has 1 N–H and O–H groups in total. The lowest BCUT2D eigenvalue weighted by Gasteiger charge is -2.27. The van der Waals surface area contributed by atoms with Gasteiger partial charge in [0.15, 0.2) is 0 Å². The minimum Gasteiger partial charge on any atom is -0.295 e. The largest absolute Gasteiger partial charge is 0.295 e. The first-order valence-corrected chi connectivity index (χ1v) is 10.3. The van der Waals surface area contributed by atoms with Gasteiger partial charge in [0.25, 0.3) is 0 Å². The lowest BCUT2D eigenvalue weighted by Crippen LogP contribution is -2.36. The minimum atomic E-state index is -3.47. The SMILES string of the molecule is Cc1cccc(S(=O)(=O)NCC(c2ccsc2)N2CCCC2)c1. The lowest BCUT2D eigenvalue weighted by atomic mass is 10.1. The van der Waals surface area contributed by atoms with E-state index < -0.39 is 10.0 Å². The fourth-order valence-electron chi connectivity index (χ4n) is 3.03. The molecule has 1 unspecified atom stereocenters. The molecule has 124 valence electrons. The minimum absolute atomic E-state index is 0.114. The fraction of sp³-hybridized carbons (Fsp3) is 0.412. The van der Waals surface area contributed by atoms with Crippen LogP contribution in [-0.4, -0.2) is 33.0 Å². The van der Waals surface area contributed by atoms with Crippen molar-refractivity contribution < 1.29 is 8.42 Å². The molecule has 2 aromatic rings. The summed E-state index contributed by atoms with van der Waals surface area (Å²) in [5.74, 6) is 0. The zero-order valence-corrected chi connectivity index (χ0v) is 14.9. The number of aryl methyl sites for hydroxylation is 1. The van der Waals surface area contributed by atoms with Crippen LogP contribution < -0.4 is 4.72 Å². The molecule has 0 amide bonds. The van der Waals surface area contributed by atoms with E-state index in [4.69, 9.17) is 0 Å². The molecule has 0 radical (unpaired) electrons. The van der Waals surface area contributed by atoms with Crippen molar-refractivity contribution in [2.45, 2.75) is 30.7 Å². The predicted molar refractivity (Wildman–Crippen MR) is 94.2 cm³/mol. The van der Waals surface area contributed by atoms with Crippen LogP contribution in [0.25, 0.3) is 0 Å². The Balaban J connectivity index is 1.76. The van der Waals surface area contributed by atoms with Crippen molar-refractivity contribution in [2.24, 2.45) is 0 Å². The van der Waals surface area contributed by atoms with Crippen molar-refractivity contribution in [3.8, 4) is 0 Å². The van der Waals surface area contributed by atoms with E-state index in [-0.39, 0.29) is 6.04 Å². The summed E-state index contributed by atoms with van der Waals surface area (Å²) < 4.78 is 27.9. The Labute approximate surface area is 142 Å². The zero-order chi connectivity index (χ0) is 16.3. The molecule has 0 aliphatic carbocycles. The summed E-state index contributed by atoms with van der Waals surface area (Å²) >= 11 is 1.65. The highest BCUT2D eigenvalue weighted by Crippen LogP contribution is 2.26. The van der Waals surface area contributed by atoms with E-state index in [2.05, 4.69) is 21.1 Å². The maximum Gasteiger partial charge on any atom is 0.240 e. The van der Waals surface area contributed by atoms with E-state index in [1.54, 1.807) is 29.5 Å². The Morgan fingerprint density at radius 2 is 2.04 bits per heavy atom. The topological polar surface area (TPSA) is 49.4 Å². The molecular weight excluding hydrogens is 328 g/mol. The van der Waals surface area contributed by atoms with E-state index in [1.807, 2.05) is 18.4 Å². The van der Waals surface area contributed by atoms with Gasteiger partial charge in [0.1, 0.15) is 0 Å². The van der Waals surface area contributed by atoms with Crippen LogP contribution in [0.3, 0.4) is 0 Å². The number of likely N-dealkylation sites (tertiary alicyclic amines) is 1. The highest BCUT2D eigenvalue weighted by atomic mass is 32.2. The molecule has 1 saturated heterocycles. The van der Waals surface area contributed by atoms with Crippen molar-refractivity contribution in [1.29, 1.82) is 0 Å². The molecule has 6 heteroatoms. The smallest absolute Gasteiger partial charge is 0.240 e. The molecule has 0 bridgehead atoms. The van der Waals surface area contributed by atoms with Gasteiger partial charge in [-0.25, -0.2) is 13.1 Å². The van der Waals surface area contributed by atoms with E-state index >= 15 is 0 Å². The van der Waals surface area contributed by atoms with E-state index in [0.717, 1.165) is 18.7 Å². The number of sulfonamides is 1. The summed E-state index contributed by atoms with van der Waals surface area (Å²) in [7, 11) is -3.47. The van der Waals surface area contributed by atoms with Gasteiger partial charge in [-0.05, 0) is 72.9 Å². The highest BCUT2D eigenvalue weighted by molar-refractivity contribution is 7.89. The third-order valence-corrected chi connectivity index (χ3v) is 6.40. The van der Waals surface area contributed by atoms with Crippen LogP contribution in [0.15, 0.2) is 46.0 Å². The number of nitrogens with one attached hydrogen (secondary N) is 1. The average Bonchev–Trinajstić information content (AvgIpc) is 3.21. The normalized spacial score (nSPS) is 17.4. The van der Waals surface area contributed by atoms with Gasteiger partial charge in [-0.3, -0.25) is 4.90 Å². The molecule has 2 heterocycles. The number of nitrogens with zero attached hydrogens (tertiary/aromatic N) is 1. The monoisotopic (exact) mass is 350 g/mol. The van der Waals surface area contributed by atoms with Crippen molar-refractivity contribution in [3.05, 3.63) is 52.2 Å². The van der Waals surface area contributed by atoms with Crippen molar-refractivity contribution in [3.63, 3.8) is 0 Å². The second-order valence-corrected chi connectivity index (χ2v) is 8.53. The first kappa shape index (κ1) is 16.6. The third kappa shape index (κ3) is 4.01. The van der Waals surface area contributed by atoms with Crippen LogP contribution in [0, 0.1) is 6.92 Å². The van der Waals surface area contributed by atoms with Gasteiger partial charge in [-0.2, -0.15) is 11.3 Å². The molecule has 23 heavy (non-hydrogen) atoms. The van der Waals surface area contributed by atoms with Crippen LogP contribution in [-0.2, 0) is 10.0 Å². The summed E-state index contributed by atoms with van der Waals surface area (Å²) in [6.07, 6.45) is 2.37. The number of benzene rings is 1.